The maximum absolute atomic E-state index is 11.2. The summed E-state index contributed by atoms with van der Waals surface area (Å²) in [6, 6.07) is 0. The van der Waals surface area contributed by atoms with E-state index in [2.05, 4.69) is 0 Å². The number of rotatable bonds is 9. The van der Waals surface area contributed by atoms with Crippen LogP contribution in [0.5, 0.6) is 0 Å². The number of hydrogen-bond acceptors (Lipinski definition) is 6. The number of halogens is 2. The Morgan fingerprint density at radius 2 is 1.37 bits per heavy atom. The molecule has 0 aliphatic carbocycles. The van der Waals surface area contributed by atoms with E-state index in [0.29, 0.717) is 0 Å². The van der Waals surface area contributed by atoms with Crippen LogP contribution in [0.3, 0.4) is 0 Å². The highest BCUT2D eigenvalue weighted by Crippen LogP contribution is 2.02. The van der Waals surface area contributed by atoms with E-state index in [4.69, 9.17) is 32.7 Å². The highest BCUT2D eigenvalue weighted by Gasteiger charge is 2.13. The van der Waals surface area contributed by atoms with Crippen molar-refractivity contribution in [1.82, 2.24) is 0 Å². The molecular formula is C11H14Cl2O6. The molecule has 1 atom stereocenters. The molecule has 0 spiro atoms. The molecule has 0 heterocycles. The average molecular weight is 313 g/mol. The minimum Gasteiger partial charge on any atom is -0.462 e. The van der Waals surface area contributed by atoms with Gasteiger partial charge in [-0.25, -0.2) is 0 Å². The first-order valence-corrected chi connectivity index (χ1v) is 6.28. The van der Waals surface area contributed by atoms with E-state index in [1.54, 1.807) is 0 Å². The van der Waals surface area contributed by atoms with Crippen LogP contribution in [0.1, 0.15) is 32.6 Å². The van der Waals surface area contributed by atoms with Crippen LogP contribution >= 0.6 is 23.2 Å². The molecule has 0 aromatic rings. The lowest BCUT2D eigenvalue weighted by Crippen LogP contribution is -2.22. The van der Waals surface area contributed by atoms with Crippen molar-refractivity contribution in [3.8, 4) is 0 Å². The van der Waals surface area contributed by atoms with E-state index >= 15 is 0 Å². The molecule has 0 aliphatic rings. The molecule has 0 aromatic carbocycles. The van der Waals surface area contributed by atoms with Crippen LogP contribution in [0.25, 0.3) is 0 Å². The van der Waals surface area contributed by atoms with Gasteiger partial charge in [0.15, 0.2) is 0 Å². The van der Waals surface area contributed by atoms with Crippen LogP contribution in [-0.4, -0.2) is 35.1 Å². The highest BCUT2D eigenvalue weighted by atomic mass is 35.5. The molecule has 0 radical (unpaired) electrons. The first-order valence-electron chi connectivity index (χ1n) is 5.53. The third-order valence-corrected chi connectivity index (χ3v) is 2.24. The first-order chi connectivity index (χ1) is 8.81. The Morgan fingerprint density at radius 3 is 1.84 bits per heavy atom. The summed E-state index contributed by atoms with van der Waals surface area (Å²) in [4.78, 5) is 43.1. The summed E-state index contributed by atoms with van der Waals surface area (Å²) in [5, 5.41) is -1.25. The lowest BCUT2D eigenvalue weighted by Gasteiger charge is -2.13. The fourth-order valence-corrected chi connectivity index (χ4v) is 1.19. The summed E-state index contributed by atoms with van der Waals surface area (Å²) < 4.78 is 9.62. The standard InChI is InChI=1S/C11H14Cl2O6/c1-7(19-11(17)5-3-9(13)15)6-18-10(16)4-2-8(12)14/h7H,2-6H2,1H3. The van der Waals surface area contributed by atoms with Gasteiger partial charge in [0, 0.05) is 12.8 Å². The molecule has 8 heteroatoms. The van der Waals surface area contributed by atoms with Crippen LogP contribution in [0.15, 0.2) is 0 Å². The SMILES string of the molecule is CC(COC(=O)CCC(=O)Cl)OC(=O)CCC(=O)Cl. The van der Waals surface area contributed by atoms with Gasteiger partial charge in [-0.15, -0.1) is 0 Å². The first kappa shape index (κ1) is 17.9. The van der Waals surface area contributed by atoms with Gasteiger partial charge >= 0.3 is 11.9 Å². The van der Waals surface area contributed by atoms with Crippen LogP contribution in [0.2, 0.25) is 0 Å². The molecule has 108 valence electrons. The molecule has 1 unspecified atom stereocenters. The zero-order valence-corrected chi connectivity index (χ0v) is 11.8. The normalized spacial score (nSPS) is 11.5. The summed E-state index contributed by atoms with van der Waals surface area (Å²) in [7, 11) is 0. The Bertz CT molecular complexity index is 355. The Morgan fingerprint density at radius 1 is 0.895 bits per heavy atom. The van der Waals surface area contributed by atoms with Gasteiger partial charge in [-0.05, 0) is 30.1 Å². The predicted octanol–water partition coefficient (Wildman–Crippen LogP) is 1.55. The summed E-state index contributed by atoms with van der Waals surface area (Å²) >= 11 is 10.1. The van der Waals surface area contributed by atoms with Gasteiger partial charge in [0.1, 0.15) is 12.7 Å². The minimum absolute atomic E-state index is 0.105. The fraction of sp³-hybridized carbons (Fsp3) is 0.636. The van der Waals surface area contributed by atoms with Gasteiger partial charge in [0.05, 0.1) is 12.8 Å². The van der Waals surface area contributed by atoms with Crippen molar-refractivity contribution in [2.24, 2.45) is 0 Å². The Labute approximate surface area is 120 Å². The number of carbonyl (C=O) groups excluding carboxylic acids is 4. The van der Waals surface area contributed by atoms with E-state index in [0.717, 1.165) is 0 Å². The largest absolute Gasteiger partial charge is 0.462 e. The molecule has 0 N–H and O–H groups in total. The second-order valence-electron chi connectivity index (χ2n) is 3.69. The monoisotopic (exact) mass is 312 g/mol. The van der Waals surface area contributed by atoms with Crippen LogP contribution in [0, 0.1) is 0 Å². The van der Waals surface area contributed by atoms with Gasteiger partial charge in [-0.2, -0.15) is 0 Å². The molecule has 0 aliphatic heterocycles. The Hall–Kier alpha value is -1.14. The molecule has 0 saturated heterocycles. The second kappa shape index (κ2) is 9.75. The summed E-state index contributed by atoms with van der Waals surface area (Å²) in [5.74, 6) is -1.21. The molecule has 19 heavy (non-hydrogen) atoms. The smallest absolute Gasteiger partial charge is 0.306 e. The van der Waals surface area contributed by atoms with Crippen molar-refractivity contribution in [3.05, 3.63) is 0 Å². The summed E-state index contributed by atoms with van der Waals surface area (Å²) in [6.07, 6.45) is -1.10. The van der Waals surface area contributed by atoms with E-state index in [-0.39, 0.29) is 32.3 Å². The van der Waals surface area contributed by atoms with Crippen molar-refractivity contribution in [2.75, 3.05) is 6.61 Å². The molecule has 0 aromatic heterocycles. The van der Waals surface area contributed by atoms with Crippen molar-refractivity contribution in [2.45, 2.75) is 38.7 Å². The van der Waals surface area contributed by atoms with Crippen LogP contribution in [-0.2, 0) is 28.7 Å². The number of esters is 2. The molecule has 0 saturated carbocycles. The number of carbonyl (C=O) groups is 4. The summed E-state index contributed by atoms with van der Waals surface area (Å²) in [5.41, 5.74) is 0. The lowest BCUT2D eigenvalue weighted by atomic mass is 10.3. The molecule has 0 bridgehead atoms. The lowest BCUT2D eigenvalue weighted by molar-refractivity contribution is -0.158. The van der Waals surface area contributed by atoms with Crippen molar-refractivity contribution >= 4 is 45.6 Å². The van der Waals surface area contributed by atoms with Crippen LogP contribution in [0.4, 0.5) is 0 Å². The van der Waals surface area contributed by atoms with Gasteiger partial charge in [-0.1, -0.05) is 0 Å². The van der Waals surface area contributed by atoms with E-state index < -0.39 is 28.5 Å². The molecule has 6 nitrogen and oxygen atoms in total. The van der Waals surface area contributed by atoms with Crippen molar-refractivity contribution < 1.29 is 28.7 Å². The molecule has 0 fully saturated rings. The van der Waals surface area contributed by atoms with Crippen molar-refractivity contribution in [3.63, 3.8) is 0 Å². The van der Waals surface area contributed by atoms with Gasteiger partial charge in [0.25, 0.3) is 0 Å². The third-order valence-electron chi connectivity index (χ3n) is 1.86. The average Bonchev–Trinajstić information content (AvgIpc) is 2.31. The number of hydrogen-bond donors (Lipinski definition) is 0. The molecule has 0 amide bonds. The third kappa shape index (κ3) is 11.7. The fourth-order valence-electron chi connectivity index (χ4n) is 1.00. The van der Waals surface area contributed by atoms with E-state index in [1.165, 1.54) is 6.92 Å². The van der Waals surface area contributed by atoms with Crippen molar-refractivity contribution in [1.29, 1.82) is 0 Å². The predicted molar refractivity (Wildman–Crippen MR) is 66.7 cm³/mol. The molecular weight excluding hydrogens is 299 g/mol. The van der Waals surface area contributed by atoms with Gasteiger partial charge in [0.2, 0.25) is 10.5 Å². The van der Waals surface area contributed by atoms with E-state index in [9.17, 15) is 19.2 Å². The van der Waals surface area contributed by atoms with Gasteiger partial charge in [-0.3, -0.25) is 19.2 Å². The van der Waals surface area contributed by atoms with Crippen LogP contribution < -0.4 is 0 Å². The molecule has 0 rings (SSSR count). The van der Waals surface area contributed by atoms with Gasteiger partial charge < -0.3 is 9.47 Å². The maximum Gasteiger partial charge on any atom is 0.306 e. The van der Waals surface area contributed by atoms with E-state index in [1.807, 2.05) is 0 Å². The topological polar surface area (TPSA) is 86.7 Å². The minimum atomic E-state index is -0.645. The number of ether oxygens (including phenoxy) is 2. The zero-order valence-electron chi connectivity index (χ0n) is 10.3. The summed E-state index contributed by atoms with van der Waals surface area (Å²) in [6.45, 7) is 1.40. The zero-order chi connectivity index (χ0) is 14.8. The highest BCUT2D eigenvalue weighted by molar-refractivity contribution is 6.63. The second-order valence-corrected chi connectivity index (χ2v) is 4.54. The Balaban J connectivity index is 3.76. The Kier molecular flexibility index (Phi) is 9.16. The quantitative estimate of drug-likeness (QED) is 0.474. The maximum atomic E-state index is 11.2.